The van der Waals surface area contributed by atoms with E-state index in [4.69, 9.17) is 9.47 Å². The second-order valence-corrected chi connectivity index (χ2v) is 5.95. The zero-order chi connectivity index (χ0) is 17.5. The predicted molar refractivity (Wildman–Crippen MR) is 112 cm³/mol. The van der Waals surface area contributed by atoms with Gasteiger partial charge in [-0.2, -0.15) is 0 Å². The molecule has 1 unspecified atom stereocenters. The number of hydrogen-bond acceptors (Lipinski definition) is 4. The smallest absolute Gasteiger partial charge is 0.221 e. The number of hydrogen-bond donors (Lipinski definition) is 3. The molecule has 3 N–H and O–H groups in total. The van der Waals surface area contributed by atoms with Crippen molar-refractivity contribution in [3.63, 3.8) is 0 Å². The van der Waals surface area contributed by atoms with Crippen LogP contribution < -0.4 is 16.0 Å². The average Bonchev–Trinajstić information content (AvgIpc) is 3.09. The molecule has 7 nitrogen and oxygen atoms in total. The highest BCUT2D eigenvalue weighted by Gasteiger charge is 2.15. The van der Waals surface area contributed by atoms with Gasteiger partial charge in [0, 0.05) is 51.7 Å². The van der Waals surface area contributed by atoms with Crippen molar-refractivity contribution in [2.45, 2.75) is 39.5 Å². The van der Waals surface area contributed by atoms with Gasteiger partial charge in [0.1, 0.15) is 0 Å². The lowest BCUT2D eigenvalue weighted by atomic mass is 10.1. The Hall–Kier alpha value is -0.610. The van der Waals surface area contributed by atoms with Crippen LogP contribution in [-0.2, 0) is 14.3 Å². The van der Waals surface area contributed by atoms with Crippen molar-refractivity contribution in [2.75, 3.05) is 52.6 Å². The van der Waals surface area contributed by atoms with Gasteiger partial charge in [0.15, 0.2) is 5.96 Å². The number of ether oxygens (including phenoxy) is 2. The van der Waals surface area contributed by atoms with E-state index >= 15 is 0 Å². The molecule has 1 fully saturated rings. The van der Waals surface area contributed by atoms with Gasteiger partial charge in [-0.15, -0.1) is 24.0 Å². The summed E-state index contributed by atoms with van der Waals surface area (Å²) in [5.41, 5.74) is 0. The number of amides is 1. The fourth-order valence-corrected chi connectivity index (χ4v) is 2.31. The summed E-state index contributed by atoms with van der Waals surface area (Å²) >= 11 is 0. The van der Waals surface area contributed by atoms with Gasteiger partial charge >= 0.3 is 0 Å². The first-order valence-electron chi connectivity index (χ1n) is 9.20. The highest BCUT2D eigenvalue weighted by molar-refractivity contribution is 14.0. The number of guanidine groups is 1. The lowest BCUT2D eigenvalue weighted by Crippen LogP contribution is -2.39. The summed E-state index contributed by atoms with van der Waals surface area (Å²) in [5, 5.41) is 9.23. The lowest BCUT2D eigenvalue weighted by Gasteiger charge is -2.11. The monoisotopic (exact) mass is 470 g/mol. The molecule has 1 heterocycles. The Morgan fingerprint density at radius 1 is 1.24 bits per heavy atom. The van der Waals surface area contributed by atoms with E-state index in [0.29, 0.717) is 25.4 Å². The van der Waals surface area contributed by atoms with Gasteiger partial charge in [-0.3, -0.25) is 9.79 Å². The minimum atomic E-state index is 0. The standard InChI is InChI=1S/C17H34N4O3.HI/c1-3-8-19-16(22)6-10-21-17(18-4-2)20-9-5-11-23-13-15-7-12-24-14-15;/h15H,3-14H2,1-2H3,(H,19,22)(H2,18,20,21);1H. The lowest BCUT2D eigenvalue weighted by molar-refractivity contribution is -0.120. The topological polar surface area (TPSA) is 84.0 Å². The van der Waals surface area contributed by atoms with Crippen molar-refractivity contribution in [2.24, 2.45) is 10.9 Å². The maximum atomic E-state index is 11.5. The van der Waals surface area contributed by atoms with E-state index in [2.05, 4.69) is 20.9 Å². The molecular formula is C17H35IN4O3. The van der Waals surface area contributed by atoms with E-state index in [-0.39, 0.29) is 29.9 Å². The van der Waals surface area contributed by atoms with Crippen molar-refractivity contribution in [3.8, 4) is 0 Å². The molecule has 0 saturated carbocycles. The maximum absolute atomic E-state index is 11.5. The number of nitrogens with one attached hydrogen (secondary N) is 3. The quantitative estimate of drug-likeness (QED) is 0.174. The Kier molecular flexibility index (Phi) is 16.4. The van der Waals surface area contributed by atoms with Gasteiger partial charge in [0.05, 0.1) is 13.2 Å². The third-order valence-electron chi connectivity index (χ3n) is 3.66. The van der Waals surface area contributed by atoms with Gasteiger partial charge in [-0.1, -0.05) is 6.92 Å². The minimum absolute atomic E-state index is 0. The zero-order valence-corrected chi connectivity index (χ0v) is 18.0. The summed E-state index contributed by atoms with van der Waals surface area (Å²) in [5.74, 6) is 1.39. The second kappa shape index (κ2) is 16.8. The van der Waals surface area contributed by atoms with Crippen LogP contribution in [0.3, 0.4) is 0 Å². The van der Waals surface area contributed by atoms with Gasteiger partial charge in [0.2, 0.25) is 5.91 Å². The van der Waals surface area contributed by atoms with E-state index in [0.717, 1.165) is 64.7 Å². The maximum Gasteiger partial charge on any atom is 0.221 e. The first-order valence-corrected chi connectivity index (χ1v) is 9.20. The van der Waals surface area contributed by atoms with Crippen LogP contribution in [-0.4, -0.2) is 64.5 Å². The molecule has 0 aromatic carbocycles. The Balaban J connectivity index is 0.00000576. The largest absolute Gasteiger partial charge is 0.381 e. The van der Waals surface area contributed by atoms with Crippen LogP contribution in [0.4, 0.5) is 0 Å². The van der Waals surface area contributed by atoms with Crippen LogP contribution in [0.2, 0.25) is 0 Å². The Bertz CT molecular complexity index is 364. The molecule has 1 rings (SSSR count). The Morgan fingerprint density at radius 3 is 2.76 bits per heavy atom. The summed E-state index contributed by atoms with van der Waals surface area (Å²) < 4.78 is 11.0. The fourth-order valence-electron chi connectivity index (χ4n) is 2.31. The number of halogens is 1. The van der Waals surface area contributed by atoms with Crippen LogP contribution in [0.25, 0.3) is 0 Å². The fraction of sp³-hybridized carbons (Fsp3) is 0.882. The van der Waals surface area contributed by atoms with Gasteiger partial charge in [-0.25, -0.2) is 0 Å². The van der Waals surface area contributed by atoms with Crippen LogP contribution in [0, 0.1) is 5.92 Å². The van der Waals surface area contributed by atoms with Crippen molar-refractivity contribution in [1.82, 2.24) is 16.0 Å². The predicted octanol–water partition coefficient (Wildman–Crippen LogP) is 1.52. The van der Waals surface area contributed by atoms with Crippen LogP contribution in [0.5, 0.6) is 0 Å². The normalized spacial score (nSPS) is 17.0. The van der Waals surface area contributed by atoms with Crippen LogP contribution in [0.15, 0.2) is 4.99 Å². The van der Waals surface area contributed by atoms with E-state index in [1.54, 1.807) is 0 Å². The molecule has 0 aliphatic carbocycles. The number of rotatable bonds is 12. The first kappa shape index (κ1) is 24.4. The summed E-state index contributed by atoms with van der Waals surface area (Å²) in [7, 11) is 0. The molecule has 0 aromatic heterocycles. The molecule has 1 saturated heterocycles. The molecule has 0 aromatic rings. The van der Waals surface area contributed by atoms with E-state index in [1.807, 2.05) is 13.8 Å². The molecule has 0 bridgehead atoms. The van der Waals surface area contributed by atoms with Crippen molar-refractivity contribution in [3.05, 3.63) is 0 Å². The molecule has 0 spiro atoms. The molecule has 1 atom stereocenters. The van der Waals surface area contributed by atoms with Crippen LogP contribution in [0.1, 0.15) is 39.5 Å². The SMILES string of the molecule is CCCNC(=O)CCNC(=NCCCOCC1CCOC1)NCC.I. The molecule has 1 amide bonds. The molecule has 0 radical (unpaired) electrons. The molecule has 8 heteroatoms. The van der Waals surface area contributed by atoms with E-state index in [9.17, 15) is 4.79 Å². The second-order valence-electron chi connectivity index (χ2n) is 5.95. The van der Waals surface area contributed by atoms with Crippen molar-refractivity contribution >= 4 is 35.8 Å². The van der Waals surface area contributed by atoms with Gasteiger partial charge < -0.3 is 25.4 Å². The van der Waals surface area contributed by atoms with E-state index in [1.165, 1.54) is 0 Å². The van der Waals surface area contributed by atoms with Crippen molar-refractivity contribution < 1.29 is 14.3 Å². The third kappa shape index (κ3) is 13.3. The summed E-state index contributed by atoms with van der Waals surface area (Å²) in [6.45, 7) is 10.1. The Morgan fingerprint density at radius 2 is 2.08 bits per heavy atom. The number of nitrogens with zero attached hydrogens (tertiary/aromatic N) is 1. The highest BCUT2D eigenvalue weighted by Crippen LogP contribution is 2.12. The summed E-state index contributed by atoms with van der Waals surface area (Å²) in [6, 6.07) is 0. The highest BCUT2D eigenvalue weighted by atomic mass is 127. The number of carbonyl (C=O) groups excluding carboxylic acids is 1. The van der Waals surface area contributed by atoms with Gasteiger partial charge in [-0.05, 0) is 26.2 Å². The summed E-state index contributed by atoms with van der Waals surface area (Å²) in [6.07, 6.45) is 3.41. The van der Waals surface area contributed by atoms with Crippen LogP contribution >= 0.6 is 24.0 Å². The average molecular weight is 470 g/mol. The third-order valence-corrected chi connectivity index (χ3v) is 3.66. The minimum Gasteiger partial charge on any atom is -0.381 e. The molecule has 148 valence electrons. The first-order chi connectivity index (χ1) is 11.8. The number of carbonyl (C=O) groups is 1. The molecular weight excluding hydrogens is 435 g/mol. The molecule has 1 aliphatic rings. The Labute approximate surface area is 169 Å². The summed E-state index contributed by atoms with van der Waals surface area (Å²) in [4.78, 5) is 16.0. The molecule has 1 aliphatic heterocycles. The van der Waals surface area contributed by atoms with E-state index < -0.39 is 0 Å². The number of aliphatic imine (C=N–C) groups is 1. The molecule has 25 heavy (non-hydrogen) atoms. The van der Waals surface area contributed by atoms with Gasteiger partial charge in [0.25, 0.3) is 0 Å². The zero-order valence-electron chi connectivity index (χ0n) is 15.6. The van der Waals surface area contributed by atoms with Crippen molar-refractivity contribution in [1.29, 1.82) is 0 Å².